The van der Waals surface area contributed by atoms with Gasteiger partial charge in [0.2, 0.25) is 0 Å². The number of rotatable bonds is 7. The zero-order valence-corrected chi connectivity index (χ0v) is 19.1. The molecule has 3 nitrogen and oxygen atoms in total. The van der Waals surface area contributed by atoms with Crippen molar-refractivity contribution in [2.24, 2.45) is 9.98 Å². The lowest BCUT2D eigenvalue weighted by Gasteiger charge is -2.24. The molecule has 2 aliphatic rings. The number of benzene rings is 1. The summed E-state index contributed by atoms with van der Waals surface area (Å²) in [7, 11) is 1.81. The van der Waals surface area contributed by atoms with E-state index in [-0.39, 0.29) is 0 Å². The topological polar surface area (TPSA) is 28.0 Å². The molecule has 0 atom stereocenters. The van der Waals surface area contributed by atoms with E-state index >= 15 is 0 Å². The predicted molar refractivity (Wildman–Crippen MR) is 135 cm³/mol. The van der Waals surface area contributed by atoms with Gasteiger partial charge in [-0.1, -0.05) is 49.4 Å². The van der Waals surface area contributed by atoms with Crippen LogP contribution in [0.2, 0.25) is 0 Å². The monoisotopic (exact) mass is 411 g/mol. The normalized spacial score (nSPS) is 17.5. The minimum atomic E-state index is 0.812. The number of aliphatic imine (C=N–C) groups is 2. The van der Waals surface area contributed by atoms with Crippen LogP contribution in [0.25, 0.3) is 5.57 Å². The Labute approximate surface area is 187 Å². The highest BCUT2D eigenvalue weighted by Gasteiger charge is 2.22. The Bertz CT molecular complexity index is 1030. The van der Waals surface area contributed by atoms with Crippen molar-refractivity contribution in [2.45, 2.75) is 39.5 Å². The standard InChI is InChI=1S/C28H33N3/c1-6-24(30-5)20-31-18-15-23(16-19-31)28-26-12-8-7-10-22(26)11-9-13-27(28)25(21(2)3)14-17-29-4/h7-8,10,12,14-18,20H,2,5-6,9,11,13,19H2,1,3-4H3/b24-20-,25-14+,29-17?. The lowest BCUT2D eigenvalue weighted by atomic mass is 9.85. The first kappa shape index (κ1) is 22.5. The summed E-state index contributed by atoms with van der Waals surface area (Å²) in [5, 5.41) is 0. The molecule has 1 aromatic rings. The SMILES string of the molecule is C=N/C(=C\N1C=CC(C2=C(/C(=C/C=NC)C(=C)C)CCCc3ccccc32)=CC1)CC. The van der Waals surface area contributed by atoms with Crippen LogP contribution in [0.4, 0.5) is 0 Å². The molecule has 0 spiro atoms. The van der Waals surface area contributed by atoms with Gasteiger partial charge in [0.25, 0.3) is 0 Å². The third-order valence-electron chi connectivity index (χ3n) is 5.77. The molecule has 1 aliphatic heterocycles. The van der Waals surface area contributed by atoms with Crippen molar-refractivity contribution in [1.82, 2.24) is 4.90 Å². The molecule has 3 heteroatoms. The van der Waals surface area contributed by atoms with Crippen LogP contribution < -0.4 is 0 Å². The maximum Gasteiger partial charge on any atom is 0.0555 e. The lowest BCUT2D eigenvalue weighted by Crippen LogP contribution is -2.15. The largest absolute Gasteiger partial charge is 0.349 e. The molecular formula is C28H33N3. The summed E-state index contributed by atoms with van der Waals surface area (Å²) >= 11 is 0. The van der Waals surface area contributed by atoms with Gasteiger partial charge < -0.3 is 4.90 Å². The Morgan fingerprint density at radius 1 is 1.23 bits per heavy atom. The van der Waals surface area contributed by atoms with E-state index in [1.165, 1.54) is 33.4 Å². The Morgan fingerprint density at radius 2 is 2.03 bits per heavy atom. The Hall–Kier alpha value is -3.20. The summed E-state index contributed by atoms with van der Waals surface area (Å²) in [6, 6.07) is 8.82. The molecule has 0 saturated heterocycles. The van der Waals surface area contributed by atoms with E-state index in [0.29, 0.717) is 0 Å². The summed E-state index contributed by atoms with van der Waals surface area (Å²) in [6.07, 6.45) is 16.8. The van der Waals surface area contributed by atoms with Crippen LogP contribution in [-0.2, 0) is 6.42 Å². The zero-order valence-electron chi connectivity index (χ0n) is 19.1. The fraction of sp³-hybridized carbons (Fsp3) is 0.286. The Kier molecular flexibility index (Phi) is 7.77. The van der Waals surface area contributed by atoms with Gasteiger partial charge in [0.1, 0.15) is 0 Å². The minimum Gasteiger partial charge on any atom is -0.349 e. The molecule has 31 heavy (non-hydrogen) atoms. The van der Waals surface area contributed by atoms with Gasteiger partial charge in [-0.25, -0.2) is 0 Å². The fourth-order valence-electron chi connectivity index (χ4n) is 4.20. The first-order valence-corrected chi connectivity index (χ1v) is 11.0. The minimum absolute atomic E-state index is 0.812. The number of aryl methyl sites for hydroxylation is 1. The van der Waals surface area contributed by atoms with Crippen LogP contribution in [0.5, 0.6) is 0 Å². The maximum absolute atomic E-state index is 4.28. The van der Waals surface area contributed by atoms with E-state index in [1.54, 1.807) is 7.05 Å². The van der Waals surface area contributed by atoms with Gasteiger partial charge in [0.15, 0.2) is 0 Å². The average molecular weight is 412 g/mol. The molecule has 0 fully saturated rings. The van der Waals surface area contributed by atoms with Crippen LogP contribution in [-0.4, -0.2) is 31.4 Å². The molecule has 1 heterocycles. The Balaban J connectivity index is 2.13. The van der Waals surface area contributed by atoms with Gasteiger partial charge in [-0.15, -0.1) is 0 Å². The molecule has 1 aliphatic carbocycles. The van der Waals surface area contributed by atoms with Crippen LogP contribution in [0.15, 0.2) is 99.4 Å². The summed E-state index contributed by atoms with van der Waals surface area (Å²) in [5.74, 6) is 0. The fourth-order valence-corrected chi connectivity index (χ4v) is 4.20. The smallest absolute Gasteiger partial charge is 0.0555 e. The van der Waals surface area contributed by atoms with Gasteiger partial charge in [-0.3, -0.25) is 9.98 Å². The number of hydrogen-bond acceptors (Lipinski definition) is 3. The van der Waals surface area contributed by atoms with Crippen molar-refractivity contribution < 1.29 is 0 Å². The third kappa shape index (κ3) is 5.29. The van der Waals surface area contributed by atoms with E-state index in [0.717, 1.165) is 43.5 Å². The van der Waals surface area contributed by atoms with E-state index < -0.39 is 0 Å². The van der Waals surface area contributed by atoms with Crippen LogP contribution in [0.1, 0.15) is 44.2 Å². The quantitative estimate of drug-likeness (QED) is 0.363. The Morgan fingerprint density at radius 3 is 2.68 bits per heavy atom. The second kappa shape index (κ2) is 10.7. The van der Waals surface area contributed by atoms with E-state index in [4.69, 9.17) is 0 Å². The molecule has 0 unspecified atom stereocenters. The number of hydrogen-bond donors (Lipinski definition) is 0. The van der Waals surface area contributed by atoms with E-state index in [2.05, 4.69) is 96.9 Å². The molecule has 0 radical (unpaired) electrons. The van der Waals surface area contributed by atoms with Crippen LogP contribution >= 0.6 is 0 Å². The van der Waals surface area contributed by atoms with E-state index in [9.17, 15) is 0 Å². The highest BCUT2D eigenvalue weighted by molar-refractivity contribution is 5.90. The molecule has 0 bridgehead atoms. The lowest BCUT2D eigenvalue weighted by molar-refractivity contribution is 0.550. The van der Waals surface area contributed by atoms with Crippen molar-refractivity contribution >= 4 is 18.5 Å². The molecular weight excluding hydrogens is 378 g/mol. The molecule has 160 valence electrons. The molecule has 3 rings (SSSR count). The van der Waals surface area contributed by atoms with Gasteiger partial charge in [0, 0.05) is 32.2 Å². The number of nitrogens with zero attached hydrogens (tertiary/aromatic N) is 3. The number of allylic oxidation sites excluding steroid dienone is 8. The molecule has 0 N–H and O–H groups in total. The molecule has 0 saturated carbocycles. The average Bonchev–Trinajstić information content (AvgIpc) is 2.97. The van der Waals surface area contributed by atoms with Crippen LogP contribution in [0, 0.1) is 0 Å². The number of fused-ring (bicyclic) bond motifs is 1. The predicted octanol–water partition coefficient (Wildman–Crippen LogP) is 6.69. The van der Waals surface area contributed by atoms with Gasteiger partial charge in [-0.05, 0) is 84.9 Å². The summed E-state index contributed by atoms with van der Waals surface area (Å²) < 4.78 is 0. The van der Waals surface area contributed by atoms with Crippen molar-refractivity contribution in [1.29, 1.82) is 0 Å². The van der Waals surface area contributed by atoms with Crippen LogP contribution in [0.3, 0.4) is 0 Å². The van der Waals surface area contributed by atoms with Gasteiger partial charge in [-0.2, -0.15) is 0 Å². The first-order chi connectivity index (χ1) is 15.1. The zero-order chi connectivity index (χ0) is 22.2. The van der Waals surface area contributed by atoms with Crippen molar-refractivity contribution in [2.75, 3.05) is 13.6 Å². The molecule has 1 aromatic carbocycles. The maximum atomic E-state index is 4.28. The summed E-state index contributed by atoms with van der Waals surface area (Å²) in [6.45, 7) is 12.9. The second-order valence-electron chi connectivity index (χ2n) is 7.94. The van der Waals surface area contributed by atoms with Crippen molar-refractivity contribution in [3.63, 3.8) is 0 Å². The van der Waals surface area contributed by atoms with Crippen molar-refractivity contribution in [3.8, 4) is 0 Å². The van der Waals surface area contributed by atoms with Gasteiger partial charge in [0.05, 0.1) is 5.70 Å². The third-order valence-corrected chi connectivity index (χ3v) is 5.77. The summed E-state index contributed by atoms with van der Waals surface area (Å²) in [4.78, 5) is 10.5. The first-order valence-electron chi connectivity index (χ1n) is 11.0. The second-order valence-corrected chi connectivity index (χ2v) is 7.94. The molecule has 0 aromatic heterocycles. The highest BCUT2D eigenvalue weighted by atomic mass is 15.1. The molecule has 0 amide bonds. The van der Waals surface area contributed by atoms with Crippen molar-refractivity contribution in [3.05, 3.63) is 101 Å². The van der Waals surface area contributed by atoms with Gasteiger partial charge >= 0.3 is 0 Å². The highest BCUT2D eigenvalue weighted by Crippen LogP contribution is 2.40. The summed E-state index contributed by atoms with van der Waals surface area (Å²) in [5.41, 5.74) is 9.95. The van der Waals surface area contributed by atoms with E-state index in [1.807, 2.05) is 6.21 Å².